The summed E-state index contributed by atoms with van der Waals surface area (Å²) in [5.74, 6) is 0. The van der Waals surface area contributed by atoms with Crippen molar-refractivity contribution in [1.29, 1.82) is 0 Å². The van der Waals surface area contributed by atoms with Crippen LogP contribution in [0.4, 0.5) is 0 Å². The van der Waals surface area contributed by atoms with Gasteiger partial charge in [0.1, 0.15) is 0 Å². The van der Waals surface area contributed by atoms with Crippen molar-refractivity contribution in [2.45, 2.75) is 57.9 Å². The van der Waals surface area contributed by atoms with E-state index >= 15 is 0 Å². The Morgan fingerprint density at radius 3 is 2.05 bits per heavy atom. The normalized spacial score (nSPS) is 20.2. The highest BCUT2D eigenvalue weighted by molar-refractivity contribution is 7.87. The predicted molar refractivity (Wildman–Crippen MR) is 82.2 cm³/mol. The fourth-order valence-electron chi connectivity index (χ4n) is 2.61. The molecule has 7 heteroatoms. The molecule has 0 spiro atoms. The molecule has 0 aliphatic heterocycles. The molecule has 0 atom stereocenters. The van der Waals surface area contributed by atoms with Crippen LogP contribution in [-0.2, 0) is 10.2 Å². The van der Waals surface area contributed by atoms with Crippen LogP contribution in [0.15, 0.2) is 0 Å². The van der Waals surface area contributed by atoms with Crippen molar-refractivity contribution < 1.29 is 8.42 Å². The Morgan fingerprint density at radius 1 is 1.21 bits per heavy atom. The zero-order chi connectivity index (χ0) is 14.5. The molecule has 0 aromatic carbocycles. The highest BCUT2D eigenvalue weighted by atomic mass is 32.2. The molecular formula is C12H25N3O2S2. The number of thiocarbonyl (C=S) groups is 1. The molecule has 1 saturated carbocycles. The summed E-state index contributed by atoms with van der Waals surface area (Å²) in [6, 6.07) is 0. The lowest BCUT2D eigenvalue weighted by molar-refractivity contribution is 0.391. The van der Waals surface area contributed by atoms with Gasteiger partial charge in [-0.2, -0.15) is 17.4 Å². The smallest absolute Gasteiger partial charge is 0.280 e. The average Bonchev–Trinajstić information content (AvgIpc) is 2.56. The number of hydrogen-bond acceptors (Lipinski definition) is 3. The second kappa shape index (κ2) is 6.97. The third kappa shape index (κ3) is 4.11. The lowest BCUT2D eigenvalue weighted by atomic mass is 9.91. The first kappa shape index (κ1) is 16.8. The molecule has 0 saturated heterocycles. The second-order valence-electron chi connectivity index (χ2n) is 5.05. The van der Waals surface area contributed by atoms with E-state index in [0.717, 1.165) is 25.7 Å². The maximum Gasteiger partial charge on any atom is 0.280 e. The van der Waals surface area contributed by atoms with Crippen LogP contribution in [0.2, 0.25) is 0 Å². The van der Waals surface area contributed by atoms with Gasteiger partial charge in [-0.05, 0) is 12.8 Å². The fourth-order valence-corrected chi connectivity index (χ4v) is 4.54. The Hall–Kier alpha value is -0.240. The molecule has 112 valence electrons. The average molecular weight is 307 g/mol. The van der Waals surface area contributed by atoms with Crippen LogP contribution < -0.4 is 10.5 Å². The van der Waals surface area contributed by atoms with Gasteiger partial charge in [0.2, 0.25) is 0 Å². The lowest BCUT2D eigenvalue weighted by Crippen LogP contribution is -2.59. The topological polar surface area (TPSA) is 75.4 Å². The third-order valence-electron chi connectivity index (χ3n) is 3.80. The van der Waals surface area contributed by atoms with Crippen molar-refractivity contribution in [2.24, 2.45) is 5.73 Å². The Morgan fingerprint density at radius 2 is 1.68 bits per heavy atom. The van der Waals surface area contributed by atoms with Crippen LogP contribution in [0.3, 0.4) is 0 Å². The van der Waals surface area contributed by atoms with E-state index in [1.165, 1.54) is 4.31 Å². The Kier molecular flexibility index (Phi) is 6.16. The van der Waals surface area contributed by atoms with Gasteiger partial charge in [-0.15, -0.1) is 0 Å². The van der Waals surface area contributed by atoms with Crippen LogP contribution in [-0.4, -0.2) is 36.3 Å². The Balaban J connectivity index is 2.98. The molecule has 1 rings (SSSR count). The van der Waals surface area contributed by atoms with Crippen molar-refractivity contribution >= 4 is 27.4 Å². The summed E-state index contributed by atoms with van der Waals surface area (Å²) in [7, 11) is -3.53. The standard InChI is InChI=1S/C12H25N3O2S2/c1-3-15(4-2)19(16,17)14-12(11(13)18)9-7-5-6-8-10-12/h14H,3-10H2,1-2H3,(H2,13,18). The minimum absolute atomic E-state index is 0.269. The first-order valence-corrected chi connectivity index (χ1v) is 8.81. The Bertz CT molecular complexity index is 397. The highest BCUT2D eigenvalue weighted by Gasteiger charge is 2.39. The van der Waals surface area contributed by atoms with Gasteiger partial charge in [-0.25, -0.2) is 0 Å². The molecule has 0 aromatic heterocycles. The van der Waals surface area contributed by atoms with Crippen LogP contribution in [0.5, 0.6) is 0 Å². The van der Waals surface area contributed by atoms with Gasteiger partial charge in [0, 0.05) is 13.1 Å². The van der Waals surface area contributed by atoms with Gasteiger partial charge in [0.15, 0.2) is 0 Å². The first-order valence-electron chi connectivity index (χ1n) is 6.97. The predicted octanol–water partition coefficient (Wildman–Crippen LogP) is 1.54. The van der Waals surface area contributed by atoms with E-state index in [9.17, 15) is 8.42 Å². The molecule has 0 radical (unpaired) electrons. The molecule has 1 fully saturated rings. The third-order valence-corrected chi connectivity index (χ3v) is 6.03. The highest BCUT2D eigenvalue weighted by Crippen LogP contribution is 2.28. The molecule has 5 nitrogen and oxygen atoms in total. The van der Waals surface area contributed by atoms with Crippen molar-refractivity contribution in [3.05, 3.63) is 0 Å². The number of rotatable bonds is 6. The molecule has 0 bridgehead atoms. The summed E-state index contributed by atoms with van der Waals surface area (Å²) in [6.07, 6.45) is 5.52. The summed E-state index contributed by atoms with van der Waals surface area (Å²) < 4.78 is 28.9. The van der Waals surface area contributed by atoms with Crippen LogP contribution >= 0.6 is 12.2 Å². The largest absolute Gasteiger partial charge is 0.392 e. The summed E-state index contributed by atoms with van der Waals surface area (Å²) >= 11 is 5.15. The molecular weight excluding hydrogens is 282 g/mol. The number of hydrogen-bond donors (Lipinski definition) is 2. The van der Waals surface area contributed by atoms with Crippen molar-refractivity contribution in [2.75, 3.05) is 13.1 Å². The summed E-state index contributed by atoms with van der Waals surface area (Å²) in [5, 5.41) is 0. The zero-order valence-electron chi connectivity index (χ0n) is 11.8. The van der Waals surface area contributed by atoms with Crippen LogP contribution in [0, 0.1) is 0 Å². The van der Waals surface area contributed by atoms with Crippen LogP contribution in [0.25, 0.3) is 0 Å². The molecule has 3 N–H and O–H groups in total. The monoisotopic (exact) mass is 307 g/mol. The minimum Gasteiger partial charge on any atom is -0.392 e. The minimum atomic E-state index is -3.53. The van der Waals surface area contributed by atoms with Gasteiger partial charge in [-0.1, -0.05) is 51.7 Å². The molecule has 0 unspecified atom stereocenters. The zero-order valence-corrected chi connectivity index (χ0v) is 13.4. The second-order valence-corrected chi connectivity index (χ2v) is 7.16. The number of nitrogens with two attached hydrogens (primary N) is 1. The molecule has 0 amide bonds. The summed E-state index contributed by atoms with van der Waals surface area (Å²) in [6.45, 7) is 4.53. The van der Waals surface area contributed by atoms with E-state index in [1.807, 2.05) is 13.8 Å². The summed E-state index contributed by atoms with van der Waals surface area (Å²) in [5.41, 5.74) is 5.11. The number of nitrogens with zero attached hydrogens (tertiary/aromatic N) is 1. The van der Waals surface area contributed by atoms with E-state index in [4.69, 9.17) is 18.0 Å². The lowest BCUT2D eigenvalue weighted by Gasteiger charge is -2.34. The van der Waals surface area contributed by atoms with Crippen molar-refractivity contribution in [3.8, 4) is 0 Å². The molecule has 1 aliphatic rings. The molecule has 1 aliphatic carbocycles. The van der Waals surface area contributed by atoms with Crippen LogP contribution in [0.1, 0.15) is 52.4 Å². The van der Waals surface area contributed by atoms with Gasteiger partial charge in [-0.3, -0.25) is 0 Å². The SMILES string of the molecule is CCN(CC)S(=O)(=O)NC1(C(N)=S)CCCCCC1. The van der Waals surface area contributed by atoms with Gasteiger partial charge >= 0.3 is 0 Å². The van der Waals surface area contributed by atoms with Gasteiger partial charge < -0.3 is 5.73 Å². The summed E-state index contributed by atoms with van der Waals surface area (Å²) in [4.78, 5) is 0.269. The van der Waals surface area contributed by atoms with E-state index in [1.54, 1.807) is 0 Å². The van der Waals surface area contributed by atoms with Gasteiger partial charge in [0.05, 0.1) is 10.5 Å². The van der Waals surface area contributed by atoms with E-state index in [0.29, 0.717) is 25.9 Å². The van der Waals surface area contributed by atoms with Gasteiger partial charge in [0.25, 0.3) is 10.2 Å². The van der Waals surface area contributed by atoms with E-state index < -0.39 is 15.7 Å². The maximum absolute atomic E-state index is 12.4. The molecule has 19 heavy (non-hydrogen) atoms. The van der Waals surface area contributed by atoms with Crippen molar-refractivity contribution in [3.63, 3.8) is 0 Å². The number of nitrogens with one attached hydrogen (secondary N) is 1. The molecule has 0 heterocycles. The fraction of sp³-hybridized carbons (Fsp3) is 0.917. The van der Waals surface area contributed by atoms with Crippen molar-refractivity contribution in [1.82, 2.24) is 9.03 Å². The maximum atomic E-state index is 12.4. The molecule has 0 aromatic rings. The Labute approximate surface area is 122 Å². The first-order chi connectivity index (χ1) is 8.88. The quantitative estimate of drug-likeness (QED) is 0.576. The van der Waals surface area contributed by atoms with E-state index in [2.05, 4.69) is 4.72 Å². The van der Waals surface area contributed by atoms with E-state index in [-0.39, 0.29) is 4.99 Å².